The SMILES string of the molecule is CCC(=O)C1CCC(N2CC(c3cnc(N4C5CCC4CN(CC)C5)nc3)C2)CC1. The van der Waals surface area contributed by atoms with Crippen LogP contribution in [0.2, 0.25) is 0 Å². The average molecular weight is 412 g/mol. The molecule has 6 nitrogen and oxygen atoms in total. The first-order valence-corrected chi connectivity index (χ1v) is 12.3. The Kier molecular flexibility index (Phi) is 5.80. The van der Waals surface area contributed by atoms with Crippen LogP contribution in [0.3, 0.4) is 0 Å². The Bertz CT molecular complexity index is 724. The van der Waals surface area contributed by atoms with Crippen LogP contribution < -0.4 is 4.90 Å². The number of likely N-dealkylation sites (tertiary alicyclic amines) is 2. The molecule has 0 aromatic carbocycles. The van der Waals surface area contributed by atoms with Gasteiger partial charge in [0.2, 0.25) is 5.95 Å². The van der Waals surface area contributed by atoms with E-state index in [1.54, 1.807) is 0 Å². The molecule has 0 spiro atoms. The van der Waals surface area contributed by atoms with Crippen molar-refractivity contribution in [3.63, 3.8) is 0 Å². The van der Waals surface area contributed by atoms with E-state index in [2.05, 4.69) is 34.0 Å². The predicted molar refractivity (Wildman–Crippen MR) is 119 cm³/mol. The van der Waals surface area contributed by atoms with Crippen LogP contribution in [0.5, 0.6) is 0 Å². The zero-order valence-corrected chi connectivity index (χ0v) is 18.7. The van der Waals surface area contributed by atoms with Crippen molar-refractivity contribution < 1.29 is 4.79 Å². The Balaban J connectivity index is 1.14. The summed E-state index contributed by atoms with van der Waals surface area (Å²) in [6.45, 7) is 9.97. The van der Waals surface area contributed by atoms with Gasteiger partial charge in [0, 0.05) is 75.0 Å². The molecule has 2 bridgehead atoms. The molecule has 2 unspecified atom stereocenters. The van der Waals surface area contributed by atoms with Gasteiger partial charge < -0.3 is 4.90 Å². The molecule has 2 atom stereocenters. The van der Waals surface area contributed by atoms with Crippen LogP contribution in [0.25, 0.3) is 0 Å². The molecule has 3 saturated heterocycles. The summed E-state index contributed by atoms with van der Waals surface area (Å²) in [6.07, 6.45) is 12.0. The Morgan fingerprint density at radius 3 is 2.07 bits per heavy atom. The Labute approximate surface area is 181 Å². The summed E-state index contributed by atoms with van der Waals surface area (Å²) in [5, 5.41) is 0. The van der Waals surface area contributed by atoms with Gasteiger partial charge in [-0.3, -0.25) is 14.6 Å². The fraction of sp³-hybridized carbons (Fsp3) is 0.792. The van der Waals surface area contributed by atoms with Crippen molar-refractivity contribution in [1.82, 2.24) is 19.8 Å². The third kappa shape index (κ3) is 3.77. The number of aromatic nitrogens is 2. The topological polar surface area (TPSA) is 52.6 Å². The minimum atomic E-state index is 0.332. The molecule has 0 amide bonds. The quantitative estimate of drug-likeness (QED) is 0.717. The predicted octanol–water partition coefficient (Wildman–Crippen LogP) is 3.09. The van der Waals surface area contributed by atoms with Crippen LogP contribution in [-0.2, 0) is 4.79 Å². The van der Waals surface area contributed by atoms with Crippen molar-refractivity contribution in [3.05, 3.63) is 18.0 Å². The van der Waals surface area contributed by atoms with Gasteiger partial charge in [0.25, 0.3) is 0 Å². The highest BCUT2D eigenvalue weighted by Gasteiger charge is 2.41. The lowest BCUT2D eigenvalue weighted by atomic mass is 9.80. The molecule has 4 heterocycles. The fourth-order valence-corrected chi connectivity index (χ4v) is 6.32. The number of nitrogens with zero attached hydrogens (tertiary/aromatic N) is 5. The zero-order valence-electron chi connectivity index (χ0n) is 18.7. The third-order valence-electron chi connectivity index (χ3n) is 8.29. The smallest absolute Gasteiger partial charge is 0.225 e. The largest absolute Gasteiger partial charge is 0.332 e. The number of likely N-dealkylation sites (N-methyl/N-ethyl adjacent to an activating group) is 1. The molecular formula is C24H37N5O. The number of piperazine rings is 1. The maximum atomic E-state index is 11.9. The summed E-state index contributed by atoms with van der Waals surface area (Å²) in [5.74, 6) is 2.32. The number of hydrogen-bond donors (Lipinski definition) is 0. The summed E-state index contributed by atoms with van der Waals surface area (Å²) >= 11 is 0. The van der Waals surface area contributed by atoms with Crippen LogP contribution in [0.1, 0.15) is 70.3 Å². The Morgan fingerprint density at radius 2 is 1.50 bits per heavy atom. The Hall–Kier alpha value is -1.53. The van der Waals surface area contributed by atoms with Crippen LogP contribution in [0.15, 0.2) is 12.4 Å². The van der Waals surface area contributed by atoms with Crippen LogP contribution in [0, 0.1) is 5.92 Å². The van der Waals surface area contributed by atoms with Gasteiger partial charge in [-0.05, 0) is 50.6 Å². The zero-order chi connectivity index (χ0) is 20.7. The van der Waals surface area contributed by atoms with Crippen molar-refractivity contribution in [3.8, 4) is 0 Å². The van der Waals surface area contributed by atoms with Crippen molar-refractivity contribution >= 4 is 11.7 Å². The van der Waals surface area contributed by atoms with Crippen LogP contribution in [-0.4, -0.2) is 76.4 Å². The number of rotatable bonds is 6. The van der Waals surface area contributed by atoms with Gasteiger partial charge in [0.05, 0.1) is 0 Å². The molecule has 4 aliphatic rings. The number of anilines is 1. The van der Waals surface area contributed by atoms with E-state index in [4.69, 9.17) is 9.97 Å². The molecule has 6 heteroatoms. The van der Waals surface area contributed by atoms with Crippen molar-refractivity contribution in [2.24, 2.45) is 5.92 Å². The van der Waals surface area contributed by atoms with Gasteiger partial charge in [-0.2, -0.15) is 0 Å². The van der Waals surface area contributed by atoms with Crippen molar-refractivity contribution in [2.45, 2.75) is 82.8 Å². The minimum absolute atomic E-state index is 0.332. The molecule has 30 heavy (non-hydrogen) atoms. The van der Waals surface area contributed by atoms with E-state index in [1.807, 2.05) is 6.92 Å². The fourth-order valence-electron chi connectivity index (χ4n) is 6.32. The highest BCUT2D eigenvalue weighted by Crippen LogP contribution is 2.36. The monoisotopic (exact) mass is 411 g/mol. The summed E-state index contributed by atoms with van der Waals surface area (Å²) in [6, 6.07) is 1.85. The Morgan fingerprint density at radius 1 is 0.900 bits per heavy atom. The van der Waals surface area contributed by atoms with Gasteiger partial charge in [-0.1, -0.05) is 13.8 Å². The van der Waals surface area contributed by atoms with Gasteiger partial charge in [-0.15, -0.1) is 0 Å². The summed E-state index contributed by atoms with van der Waals surface area (Å²) in [4.78, 5) is 29.3. The lowest BCUT2D eigenvalue weighted by molar-refractivity contribution is -0.124. The lowest BCUT2D eigenvalue weighted by Crippen LogP contribution is -2.54. The molecule has 1 aromatic rings. The van der Waals surface area contributed by atoms with Gasteiger partial charge in [0.15, 0.2) is 0 Å². The first kappa shape index (κ1) is 20.4. The van der Waals surface area contributed by atoms with E-state index < -0.39 is 0 Å². The molecule has 1 aromatic heterocycles. The number of ketones is 1. The molecule has 1 aliphatic carbocycles. The van der Waals surface area contributed by atoms with E-state index in [1.165, 1.54) is 31.2 Å². The number of Topliss-reactive ketones (excluding diaryl/α,β-unsaturated/α-hetero) is 1. The molecule has 164 valence electrons. The molecule has 4 fully saturated rings. The summed E-state index contributed by atoms with van der Waals surface area (Å²) in [5.41, 5.74) is 1.30. The number of carbonyl (C=O) groups is 1. The third-order valence-corrected chi connectivity index (χ3v) is 8.29. The first-order valence-electron chi connectivity index (χ1n) is 12.3. The van der Waals surface area contributed by atoms with Crippen LogP contribution >= 0.6 is 0 Å². The summed E-state index contributed by atoms with van der Waals surface area (Å²) < 4.78 is 0. The molecule has 0 radical (unpaired) electrons. The van der Waals surface area contributed by atoms with E-state index >= 15 is 0 Å². The molecule has 3 aliphatic heterocycles. The van der Waals surface area contributed by atoms with Gasteiger partial charge in [-0.25, -0.2) is 9.97 Å². The number of hydrogen-bond acceptors (Lipinski definition) is 6. The lowest BCUT2D eigenvalue weighted by Gasteiger charge is -2.46. The number of fused-ring (bicyclic) bond motifs is 2. The first-order chi connectivity index (χ1) is 14.7. The van der Waals surface area contributed by atoms with E-state index in [0.29, 0.717) is 42.2 Å². The normalized spacial score (nSPS) is 32.9. The molecule has 5 rings (SSSR count). The van der Waals surface area contributed by atoms with Gasteiger partial charge >= 0.3 is 0 Å². The van der Waals surface area contributed by atoms with E-state index in [-0.39, 0.29) is 0 Å². The van der Waals surface area contributed by atoms with E-state index in [9.17, 15) is 4.79 Å². The second kappa shape index (κ2) is 8.54. The van der Waals surface area contributed by atoms with Crippen molar-refractivity contribution in [2.75, 3.05) is 37.6 Å². The molecular weight excluding hydrogens is 374 g/mol. The maximum absolute atomic E-state index is 11.9. The summed E-state index contributed by atoms with van der Waals surface area (Å²) in [7, 11) is 0. The number of carbonyl (C=O) groups excluding carboxylic acids is 1. The maximum Gasteiger partial charge on any atom is 0.225 e. The molecule has 0 N–H and O–H groups in total. The van der Waals surface area contributed by atoms with E-state index in [0.717, 1.165) is 51.5 Å². The minimum Gasteiger partial charge on any atom is -0.332 e. The second-order valence-electron chi connectivity index (χ2n) is 9.94. The highest BCUT2D eigenvalue weighted by molar-refractivity contribution is 5.80. The van der Waals surface area contributed by atoms with Gasteiger partial charge in [0.1, 0.15) is 5.78 Å². The standard InChI is InChI=1S/C24H37N5O/c1-3-23(30)17-5-7-20(8-6-17)28-13-19(14-28)18-11-25-24(26-12-18)29-21-9-10-22(29)16-27(4-2)15-21/h11-12,17,19-22H,3-10,13-16H2,1-2H3. The molecule has 1 saturated carbocycles. The second-order valence-corrected chi connectivity index (χ2v) is 9.94. The van der Waals surface area contributed by atoms with Crippen LogP contribution in [0.4, 0.5) is 5.95 Å². The average Bonchev–Trinajstić information content (AvgIpc) is 3.02. The highest BCUT2D eigenvalue weighted by atomic mass is 16.1. The van der Waals surface area contributed by atoms with Crippen molar-refractivity contribution in [1.29, 1.82) is 0 Å².